The van der Waals surface area contributed by atoms with Crippen LogP contribution in [0.3, 0.4) is 0 Å². The lowest BCUT2D eigenvalue weighted by Gasteiger charge is -2.34. The molecule has 2 aliphatic heterocycles. The molecule has 0 unspecified atom stereocenters. The van der Waals surface area contributed by atoms with Gasteiger partial charge in [0.25, 0.3) is 0 Å². The molecule has 2 aliphatic rings. The van der Waals surface area contributed by atoms with E-state index in [0.717, 1.165) is 82.9 Å². The molecular formula is C22H32IN7O. The van der Waals surface area contributed by atoms with Crippen molar-refractivity contribution < 1.29 is 4.74 Å². The lowest BCUT2D eigenvalue weighted by atomic mass is 10.1. The lowest BCUT2D eigenvalue weighted by molar-refractivity contribution is 0.260. The molecule has 1 aromatic heterocycles. The van der Waals surface area contributed by atoms with Crippen LogP contribution in [-0.4, -0.2) is 80.3 Å². The van der Waals surface area contributed by atoms with Crippen molar-refractivity contribution in [3.8, 4) is 5.75 Å². The number of aliphatic imine (C=N–C) groups is 1. The molecule has 3 heterocycles. The second-order valence-corrected chi connectivity index (χ2v) is 7.59. The number of hydrogen-bond acceptors (Lipinski definition) is 6. The Balaban J connectivity index is 0.00000272. The first-order chi connectivity index (χ1) is 14.8. The van der Waals surface area contributed by atoms with Crippen molar-refractivity contribution in [1.29, 1.82) is 0 Å². The smallest absolute Gasteiger partial charge is 0.225 e. The molecule has 0 atom stereocenters. The predicted molar refractivity (Wildman–Crippen MR) is 135 cm³/mol. The van der Waals surface area contributed by atoms with Gasteiger partial charge in [0, 0.05) is 71.7 Å². The highest BCUT2D eigenvalue weighted by atomic mass is 127. The molecule has 1 saturated heterocycles. The summed E-state index contributed by atoms with van der Waals surface area (Å²) in [6.45, 7) is 7.50. The third-order valence-corrected chi connectivity index (χ3v) is 5.61. The van der Waals surface area contributed by atoms with Crippen LogP contribution in [0.1, 0.15) is 11.1 Å². The van der Waals surface area contributed by atoms with Gasteiger partial charge < -0.3 is 20.3 Å². The predicted octanol–water partition coefficient (Wildman–Crippen LogP) is 1.56. The lowest BCUT2D eigenvalue weighted by Crippen LogP contribution is -2.49. The van der Waals surface area contributed by atoms with E-state index in [9.17, 15) is 0 Å². The van der Waals surface area contributed by atoms with Crippen LogP contribution in [0, 0.1) is 0 Å². The molecule has 0 aliphatic carbocycles. The second kappa shape index (κ2) is 12.0. The van der Waals surface area contributed by atoms with Crippen LogP contribution < -0.4 is 20.3 Å². The summed E-state index contributed by atoms with van der Waals surface area (Å²) < 4.78 is 5.58. The molecule has 2 N–H and O–H groups in total. The fourth-order valence-corrected chi connectivity index (χ4v) is 3.90. The SMILES string of the molecule is CN=C(NCCc1ccc2c(c1)CCO2)NCCN1CCN(c2ncccn2)CC1.I. The van der Waals surface area contributed by atoms with Gasteiger partial charge in [0.2, 0.25) is 5.95 Å². The van der Waals surface area contributed by atoms with Gasteiger partial charge in [-0.2, -0.15) is 0 Å². The molecule has 1 aromatic carbocycles. The van der Waals surface area contributed by atoms with E-state index in [1.54, 1.807) is 12.4 Å². The van der Waals surface area contributed by atoms with Gasteiger partial charge in [0.05, 0.1) is 6.61 Å². The van der Waals surface area contributed by atoms with Crippen molar-refractivity contribution in [2.24, 2.45) is 4.99 Å². The first-order valence-corrected chi connectivity index (χ1v) is 10.8. The van der Waals surface area contributed by atoms with Crippen molar-refractivity contribution in [2.45, 2.75) is 12.8 Å². The minimum absolute atomic E-state index is 0. The number of nitrogens with one attached hydrogen (secondary N) is 2. The molecule has 8 nitrogen and oxygen atoms in total. The minimum Gasteiger partial charge on any atom is -0.493 e. The van der Waals surface area contributed by atoms with Crippen LogP contribution in [0.4, 0.5) is 5.95 Å². The molecule has 1 fully saturated rings. The maximum Gasteiger partial charge on any atom is 0.225 e. The summed E-state index contributed by atoms with van der Waals surface area (Å²) in [6, 6.07) is 8.36. The summed E-state index contributed by atoms with van der Waals surface area (Å²) in [5.41, 5.74) is 2.66. The van der Waals surface area contributed by atoms with Gasteiger partial charge in [-0.25, -0.2) is 9.97 Å². The van der Waals surface area contributed by atoms with Gasteiger partial charge in [-0.15, -0.1) is 24.0 Å². The highest BCUT2D eigenvalue weighted by Gasteiger charge is 2.18. The minimum atomic E-state index is 0. The molecule has 2 aromatic rings. The van der Waals surface area contributed by atoms with E-state index in [-0.39, 0.29) is 24.0 Å². The Morgan fingerprint density at radius 3 is 2.65 bits per heavy atom. The van der Waals surface area contributed by atoms with Crippen molar-refractivity contribution >= 4 is 35.9 Å². The van der Waals surface area contributed by atoms with Gasteiger partial charge in [-0.3, -0.25) is 9.89 Å². The molecule has 4 rings (SSSR count). The summed E-state index contributed by atoms with van der Waals surface area (Å²) in [6.07, 6.45) is 5.59. The highest BCUT2D eigenvalue weighted by molar-refractivity contribution is 14.0. The number of piperazine rings is 1. The molecular weight excluding hydrogens is 505 g/mol. The Bertz CT molecular complexity index is 841. The largest absolute Gasteiger partial charge is 0.493 e. The van der Waals surface area contributed by atoms with Crippen molar-refractivity contribution in [3.05, 3.63) is 47.8 Å². The van der Waals surface area contributed by atoms with Gasteiger partial charge in [0.15, 0.2) is 5.96 Å². The average molecular weight is 537 g/mol. The molecule has 0 saturated carbocycles. The van der Waals surface area contributed by atoms with Crippen molar-refractivity contribution in [3.63, 3.8) is 0 Å². The van der Waals surface area contributed by atoms with Crippen molar-refractivity contribution in [1.82, 2.24) is 25.5 Å². The van der Waals surface area contributed by atoms with E-state index in [2.05, 4.69) is 53.6 Å². The number of benzene rings is 1. The highest BCUT2D eigenvalue weighted by Crippen LogP contribution is 2.25. The number of fused-ring (bicyclic) bond motifs is 1. The number of ether oxygens (including phenoxy) is 1. The molecule has 9 heteroatoms. The van der Waals surface area contributed by atoms with Crippen molar-refractivity contribution in [2.75, 3.05) is 64.4 Å². The van der Waals surface area contributed by atoms with Crippen LogP contribution in [0.15, 0.2) is 41.7 Å². The van der Waals surface area contributed by atoms with Gasteiger partial charge in [-0.05, 0) is 29.7 Å². The molecule has 0 spiro atoms. The summed E-state index contributed by atoms with van der Waals surface area (Å²) in [4.78, 5) is 17.7. The standard InChI is InChI=1S/C22H31N7O.HI/c1-23-21(24-9-5-18-3-4-20-19(17-18)6-16-30-20)25-10-11-28-12-14-29(15-13-28)22-26-7-2-8-27-22;/h2-4,7-8,17H,5-6,9-16H2,1H3,(H2,23,24,25);1H. The third kappa shape index (κ3) is 6.67. The van der Waals surface area contributed by atoms with Crippen LogP contribution in [0.2, 0.25) is 0 Å². The Morgan fingerprint density at radius 2 is 1.87 bits per heavy atom. The zero-order valence-corrected chi connectivity index (χ0v) is 20.4. The second-order valence-electron chi connectivity index (χ2n) is 7.59. The number of nitrogens with zero attached hydrogens (tertiary/aromatic N) is 5. The quantitative estimate of drug-likeness (QED) is 0.316. The zero-order chi connectivity index (χ0) is 20.6. The average Bonchev–Trinajstić information content (AvgIpc) is 3.27. The number of anilines is 1. The van der Waals surface area contributed by atoms with E-state index in [4.69, 9.17) is 4.74 Å². The molecule has 168 valence electrons. The van der Waals surface area contributed by atoms with Crippen LogP contribution in [0.5, 0.6) is 5.75 Å². The summed E-state index contributed by atoms with van der Waals surface area (Å²) >= 11 is 0. The first kappa shape index (κ1) is 23.5. The van der Waals surface area contributed by atoms with E-state index >= 15 is 0 Å². The maximum atomic E-state index is 5.58. The van der Waals surface area contributed by atoms with Gasteiger partial charge in [0.1, 0.15) is 5.75 Å². The topological polar surface area (TPSA) is 77.9 Å². The van der Waals surface area contributed by atoms with E-state index < -0.39 is 0 Å². The third-order valence-electron chi connectivity index (χ3n) is 5.61. The summed E-state index contributed by atoms with van der Waals surface area (Å²) in [7, 11) is 1.82. The Kier molecular flexibility index (Phi) is 9.13. The number of guanidine groups is 1. The van der Waals surface area contributed by atoms with E-state index in [0.29, 0.717) is 0 Å². The van der Waals surface area contributed by atoms with E-state index in [1.165, 1.54) is 11.1 Å². The summed E-state index contributed by atoms with van der Waals surface area (Å²) in [5, 5.41) is 6.84. The number of aromatic nitrogens is 2. The number of halogens is 1. The zero-order valence-electron chi connectivity index (χ0n) is 18.1. The van der Waals surface area contributed by atoms with Crippen LogP contribution in [0.25, 0.3) is 0 Å². The molecule has 0 amide bonds. The number of rotatable bonds is 7. The van der Waals surface area contributed by atoms with E-state index in [1.807, 2.05) is 13.1 Å². The monoisotopic (exact) mass is 537 g/mol. The first-order valence-electron chi connectivity index (χ1n) is 10.8. The molecule has 0 radical (unpaired) electrons. The fraction of sp³-hybridized carbons (Fsp3) is 0.500. The molecule has 31 heavy (non-hydrogen) atoms. The van der Waals surface area contributed by atoms with Crippen LogP contribution in [-0.2, 0) is 12.8 Å². The van der Waals surface area contributed by atoms with Crippen LogP contribution >= 0.6 is 24.0 Å². The Morgan fingerprint density at radius 1 is 1.10 bits per heavy atom. The Hall–Kier alpha value is -2.14. The Labute approximate surface area is 201 Å². The maximum absolute atomic E-state index is 5.58. The molecule has 0 bridgehead atoms. The van der Waals surface area contributed by atoms with Gasteiger partial charge >= 0.3 is 0 Å². The van der Waals surface area contributed by atoms with Gasteiger partial charge in [-0.1, -0.05) is 12.1 Å². The summed E-state index contributed by atoms with van der Waals surface area (Å²) in [5.74, 6) is 2.73. The fourth-order valence-electron chi connectivity index (χ4n) is 3.90. The number of hydrogen-bond donors (Lipinski definition) is 2. The normalized spacial score (nSPS) is 16.3.